The van der Waals surface area contributed by atoms with Gasteiger partial charge in [-0.25, -0.2) is 4.99 Å². The Morgan fingerprint density at radius 3 is 2.32 bits per heavy atom. The maximum absolute atomic E-state index is 11.9. The van der Waals surface area contributed by atoms with E-state index < -0.39 is 0 Å². The summed E-state index contributed by atoms with van der Waals surface area (Å²) in [4.78, 5) is 16.2. The summed E-state index contributed by atoms with van der Waals surface area (Å²) in [6, 6.07) is 5.46. The Bertz CT molecular complexity index is 586. The quantitative estimate of drug-likeness (QED) is 0.343. The van der Waals surface area contributed by atoms with Crippen molar-refractivity contribution in [3.63, 3.8) is 0 Å². The largest absolute Gasteiger partial charge is 0.493 e. The van der Waals surface area contributed by atoms with Crippen molar-refractivity contribution in [1.82, 2.24) is 10.6 Å². The van der Waals surface area contributed by atoms with Crippen LogP contribution in [0.5, 0.6) is 11.5 Å². The number of hydrogen-bond donors (Lipinski definition) is 3. The molecule has 8 heteroatoms. The zero-order chi connectivity index (χ0) is 18.2. The maximum atomic E-state index is 11.9. The van der Waals surface area contributed by atoms with Gasteiger partial charge >= 0.3 is 0 Å². The molecule has 3 N–H and O–H groups in total. The number of hydrogen-bond acceptors (Lipinski definition) is 4. The normalized spacial score (nSPS) is 11.2. The summed E-state index contributed by atoms with van der Waals surface area (Å²) < 4.78 is 10.5. The third kappa shape index (κ3) is 8.80. The van der Waals surface area contributed by atoms with Crippen molar-refractivity contribution < 1.29 is 14.3 Å². The standard InChI is InChI=1S/C17H28N4O3.HI/c1-7-18-16(19-11-15(22)21-17(2,3)4)20-12-8-9-13(23-5)14(10-12)24-6;/h8-10H,7,11H2,1-6H3,(H,21,22)(H2,18,19,20);1H. The summed E-state index contributed by atoms with van der Waals surface area (Å²) in [6.45, 7) is 8.48. The Labute approximate surface area is 167 Å². The Balaban J connectivity index is 0.00000576. The second kappa shape index (κ2) is 11.0. The number of anilines is 1. The lowest BCUT2D eigenvalue weighted by atomic mass is 10.1. The van der Waals surface area contributed by atoms with Crippen LogP contribution < -0.4 is 25.4 Å². The number of carbonyl (C=O) groups excluding carboxylic acids is 1. The summed E-state index contributed by atoms with van der Waals surface area (Å²) in [5, 5.41) is 9.13. The number of guanidine groups is 1. The fourth-order valence-electron chi connectivity index (χ4n) is 1.97. The van der Waals surface area contributed by atoms with Crippen LogP contribution in [0.1, 0.15) is 27.7 Å². The molecule has 0 aromatic heterocycles. The van der Waals surface area contributed by atoms with Crippen LogP contribution in [0.25, 0.3) is 0 Å². The van der Waals surface area contributed by atoms with Gasteiger partial charge in [0, 0.05) is 23.8 Å². The molecule has 1 aromatic carbocycles. The van der Waals surface area contributed by atoms with Gasteiger partial charge in [0.1, 0.15) is 6.54 Å². The molecule has 0 bridgehead atoms. The molecule has 7 nitrogen and oxygen atoms in total. The predicted octanol–water partition coefficient (Wildman–Crippen LogP) is 2.61. The lowest BCUT2D eigenvalue weighted by molar-refractivity contribution is -0.121. The summed E-state index contributed by atoms with van der Waals surface area (Å²) in [6.07, 6.45) is 0. The summed E-state index contributed by atoms with van der Waals surface area (Å²) in [5.41, 5.74) is 0.505. The van der Waals surface area contributed by atoms with E-state index in [1.54, 1.807) is 26.4 Å². The number of nitrogens with zero attached hydrogens (tertiary/aromatic N) is 1. The molecule has 0 spiro atoms. The van der Waals surface area contributed by atoms with Crippen LogP contribution in [-0.4, -0.2) is 44.7 Å². The van der Waals surface area contributed by atoms with Crippen LogP contribution >= 0.6 is 24.0 Å². The molecule has 1 rings (SSSR count). The molecule has 0 radical (unpaired) electrons. The number of nitrogens with one attached hydrogen (secondary N) is 3. The minimum atomic E-state index is -0.276. The first-order valence-corrected chi connectivity index (χ1v) is 7.87. The highest BCUT2D eigenvalue weighted by molar-refractivity contribution is 14.0. The molecule has 0 heterocycles. The van der Waals surface area contributed by atoms with Crippen LogP contribution in [0.4, 0.5) is 5.69 Å². The van der Waals surface area contributed by atoms with Gasteiger partial charge in [0.05, 0.1) is 14.2 Å². The van der Waals surface area contributed by atoms with Crippen molar-refractivity contribution in [2.75, 3.05) is 32.6 Å². The minimum Gasteiger partial charge on any atom is -0.493 e. The highest BCUT2D eigenvalue weighted by Crippen LogP contribution is 2.29. The van der Waals surface area contributed by atoms with E-state index >= 15 is 0 Å². The van der Waals surface area contributed by atoms with Crippen LogP contribution in [0.3, 0.4) is 0 Å². The van der Waals surface area contributed by atoms with E-state index in [1.165, 1.54) is 0 Å². The topological polar surface area (TPSA) is 84.0 Å². The molecule has 142 valence electrons. The molecule has 0 aliphatic carbocycles. The number of carbonyl (C=O) groups is 1. The van der Waals surface area contributed by atoms with Crippen LogP contribution in [0, 0.1) is 0 Å². The Hall–Kier alpha value is -1.71. The van der Waals surface area contributed by atoms with E-state index in [1.807, 2.05) is 33.8 Å². The van der Waals surface area contributed by atoms with E-state index in [9.17, 15) is 4.79 Å². The van der Waals surface area contributed by atoms with Gasteiger partial charge in [-0.1, -0.05) is 0 Å². The Morgan fingerprint density at radius 1 is 1.16 bits per heavy atom. The average Bonchev–Trinajstić information content (AvgIpc) is 2.51. The molecule has 1 amide bonds. The first-order chi connectivity index (χ1) is 11.3. The van der Waals surface area contributed by atoms with Crippen LogP contribution in [0.2, 0.25) is 0 Å². The van der Waals surface area contributed by atoms with Gasteiger partial charge in [-0.2, -0.15) is 0 Å². The van der Waals surface area contributed by atoms with Gasteiger partial charge in [-0.3, -0.25) is 4.79 Å². The third-order valence-corrected chi connectivity index (χ3v) is 2.89. The molecule has 0 atom stereocenters. The molecule has 0 fully saturated rings. The smallest absolute Gasteiger partial charge is 0.242 e. The maximum Gasteiger partial charge on any atom is 0.242 e. The first-order valence-electron chi connectivity index (χ1n) is 7.87. The summed E-state index contributed by atoms with van der Waals surface area (Å²) in [5.74, 6) is 1.65. The molecule has 0 saturated heterocycles. The number of aliphatic imine (C=N–C) groups is 1. The molecule has 1 aromatic rings. The Kier molecular flexibility index (Phi) is 10.3. The number of amides is 1. The van der Waals surface area contributed by atoms with Gasteiger partial charge < -0.3 is 25.4 Å². The number of methoxy groups -OCH3 is 2. The van der Waals surface area contributed by atoms with E-state index in [0.717, 1.165) is 5.69 Å². The van der Waals surface area contributed by atoms with Crippen molar-refractivity contribution in [2.45, 2.75) is 33.2 Å². The van der Waals surface area contributed by atoms with Crippen molar-refractivity contribution in [3.05, 3.63) is 18.2 Å². The number of benzene rings is 1. The van der Waals surface area contributed by atoms with E-state index in [-0.39, 0.29) is 42.0 Å². The monoisotopic (exact) mass is 464 g/mol. The lowest BCUT2D eigenvalue weighted by Gasteiger charge is -2.20. The SMILES string of the molecule is CCNC(=NCC(=O)NC(C)(C)C)Nc1ccc(OC)c(OC)c1.I. The number of halogens is 1. The molecule has 0 aliphatic rings. The van der Waals surface area contributed by atoms with Crippen molar-refractivity contribution in [3.8, 4) is 11.5 Å². The molecule has 0 unspecified atom stereocenters. The fraction of sp³-hybridized carbons (Fsp3) is 0.529. The van der Waals surface area contributed by atoms with E-state index in [4.69, 9.17) is 9.47 Å². The van der Waals surface area contributed by atoms with Crippen molar-refractivity contribution in [1.29, 1.82) is 0 Å². The highest BCUT2D eigenvalue weighted by Gasteiger charge is 2.13. The highest BCUT2D eigenvalue weighted by atomic mass is 127. The third-order valence-electron chi connectivity index (χ3n) is 2.89. The van der Waals surface area contributed by atoms with E-state index in [0.29, 0.717) is 24.0 Å². The molecule has 0 aliphatic heterocycles. The number of ether oxygens (including phenoxy) is 2. The van der Waals surface area contributed by atoms with Crippen LogP contribution in [-0.2, 0) is 4.79 Å². The second-order valence-corrected chi connectivity index (χ2v) is 6.19. The average molecular weight is 464 g/mol. The first kappa shape index (κ1) is 23.3. The van der Waals surface area contributed by atoms with Gasteiger partial charge in [0.25, 0.3) is 0 Å². The minimum absolute atomic E-state index is 0. The Morgan fingerprint density at radius 2 is 1.80 bits per heavy atom. The molecule has 0 saturated carbocycles. The zero-order valence-corrected chi connectivity index (χ0v) is 18.1. The van der Waals surface area contributed by atoms with Gasteiger partial charge in [0.2, 0.25) is 5.91 Å². The molecular formula is C17H29IN4O3. The number of rotatable bonds is 6. The van der Waals surface area contributed by atoms with Gasteiger partial charge in [-0.05, 0) is 39.8 Å². The van der Waals surface area contributed by atoms with Crippen molar-refractivity contribution in [2.24, 2.45) is 4.99 Å². The van der Waals surface area contributed by atoms with Crippen LogP contribution in [0.15, 0.2) is 23.2 Å². The fourth-order valence-corrected chi connectivity index (χ4v) is 1.97. The molecule has 25 heavy (non-hydrogen) atoms. The van der Waals surface area contributed by atoms with Gasteiger partial charge in [-0.15, -0.1) is 24.0 Å². The second-order valence-electron chi connectivity index (χ2n) is 6.19. The predicted molar refractivity (Wildman–Crippen MR) is 112 cm³/mol. The summed E-state index contributed by atoms with van der Waals surface area (Å²) in [7, 11) is 3.17. The zero-order valence-electron chi connectivity index (χ0n) is 15.7. The molecular weight excluding hydrogens is 435 g/mol. The summed E-state index contributed by atoms with van der Waals surface area (Å²) >= 11 is 0. The van der Waals surface area contributed by atoms with E-state index in [2.05, 4.69) is 20.9 Å². The van der Waals surface area contributed by atoms with Crippen molar-refractivity contribution >= 4 is 41.5 Å². The van der Waals surface area contributed by atoms with Gasteiger partial charge in [0.15, 0.2) is 17.5 Å². The lowest BCUT2D eigenvalue weighted by Crippen LogP contribution is -2.42.